The molecular weight excluding hydrogens is 350 g/mol. The number of thiazole rings is 1. The Morgan fingerprint density at radius 1 is 1.44 bits per heavy atom. The third-order valence-corrected chi connectivity index (χ3v) is 6.69. The van der Waals surface area contributed by atoms with Gasteiger partial charge in [-0.2, -0.15) is 4.99 Å². The van der Waals surface area contributed by atoms with E-state index >= 15 is 0 Å². The Morgan fingerprint density at radius 3 is 2.76 bits per heavy atom. The quantitative estimate of drug-likeness (QED) is 0.743. The molecule has 0 aromatic carbocycles. The largest absolute Gasteiger partial charge is 0.320 e. The Balaban J connectivity index is 2.08. The van der Waals surface area contributed by atoms with Crippen LogP contribution in [0.1, 0.15) is 54.5 Å². The summed E-state index contributed by atoms with van der Waals surface area (Å²) in [5, 5.41) is 0.731. The topological polar surface area (TPSA) is 47.2 Å². The van der Waals surface area contributed by atoms with Crippen molar-refractivity contribution in [2.45, 2.75) is 57.5 Å². The first-order chi connectivity index (χ1) is 11.8. The van der Waals surface area contributed by atoms with Crippen LogP contribution < -0.4 is 4.80 Å². The minimum absolute atomic E-state index is 0.0512. The molecule has 3 rings (SSSR count). The molecule has 134 valence electrons. The van der Waals surface area contributed by atoms with E-state index < -0.39 is 0 Å². The Labute approximate surface area is 157 Å². The van der Waals surface area contributed by atoms with Crippen LogP contribution in [-0.2, 0) is 12.0 Å². The lowest BCUT2D eigenvalue weighted by atomic mass is 9.93. The van der Waals surface area contributed by atoms with Crippen molar-refractivity contribution in [3.05, 3.63) is 39.3 Å². The van der Waals surface area contributed by atoms with Gasteiger partial charge in [-0.25, -0.2) is 4.98 Å². The highest BCUT2D eigenvalue weighted by atomic mass is 32.2. The van der Waals surface area contributed by atoms with Crippen LogP contribution in [0.4, 0.5) is 0 Å². The summed E-state index contributed by atoms with van der Waals surface area (Å²) < 4.78 is 2.25. The van der Waals surface area contributed by atoms with E-state index in [0.717, 1.165) is 22.3 Å². The average molecular weight is 376 g/mol. The fraction of sp³-hybridized carbons (Fsp3) is 0.526. The summed E-state index contributed by atoms with van der Waals surface area (Å²) in [6.07, 6.45) is 6.20. The van der Waals surface area contributed by atoms with E-state index in [1.165, 1.54) is 35.2 Å². The predicted molar refractivity (Wildman–Crippen MR) is 104 cm³/mol. The minimum atomic E-state index is -0.205. The highest BCUT2D eigenvalue weighted by molar-refractivity contribution is 7.98. The van der Waals surface area contributed by atoms with Gasteiger partial charge in [0.05, 0.1) is 5.56 Å². The van der Waals surface area contributed by atoms with E-state index in [-0.39, 0.29) is 11.3 Å². The van der Waals surface area contributed by atoms with Crippen LogP contribution in [0.5, 0.6) is 0 Å². The molecular formula is C19H25N3OS2. The Bertz CT molecular complexity index is 854. The van der Waals surface area contributed by atoms with E-state index in [0.29, 0.717) is 5.56 Å². The molecule has 0 aliphatic heterocycles. The molecule has 0 saturated heterocycles. The summed E-state index contributed by atoms with van der Waals surface area (Å²) >= 11 is 3.12. The van der Waals surface area contributed by atoms with Gasteiger partial charge in [-0.1, -0.05) is 20.8 Å². The van der Waals surface area contributed by atoms with Crippen molar-refractivity contribution in [1.29, 1.82) is 0 Å². The lowest BCUT2D eigenvalue weighted by Gasteiger charge is -2.17. The predicted octanol–water partition coefficient (Wildman–Crippen LogP) is 4.42. The van der Waals surface area contributed by atoms with Crippen LogP contribution in [0.2, 0.25) is 0 Å². The minimum Gasteiger partial charge on any atom is -0.320 e. The number of rotatable bonds is 4. The molecule has 1 aliphatic rings. The number of amides is 1. The summed E-state index contributed by atoms with van der Waals surface area (Å²) in [5.74, 6) is 0.527. The zero-order valence-corrected chi connectivity index (χ0v) is 17.1. The van der Waals surface area contributed by atoms with E-state index in [1.807, 2.05) is 6.26 Å². The van der Waals surface area contributed by atoms with Crippen LogP contribution in [-0.4, -0.2) is 21.7 Å². The van der Waals surface area contributed by atoms with Gasteiger partial charge in [-0.05, 0) is 49.5 Å². The molecule has 6 heteroatoms. The van der Waals surface area contributed by atoms with Gasteiger partial charge < -0.3 is 4.57 Å². The number of aromatic nitrogens is 2. The van der Waals surface area contributed by atoms with Crippen molar-refractivity contribution in [1.82, 2.24) is 9.55 Å². The molecule has 4 nitrogen and oxygen atoms in total. The summed E-state index contributed by atoms with van der Waals surface area (Å²) in [7, 11) is 0. The van der Waals surface area contributed by atoms with Crippen LogP contribution in [0, 0.1) is 12.8 Å². The van der Waals surface area contributed by atoms with E-state index in [9.17, 15) is 4.79 Å². The second-order valence-electron chi connectivity index (χ2n) is 7.58. The average Bonchev–Trinajstić information content (AvgIpc) is 3.33. The van der Waals surface area contributed by atoms with Gasteiger partial charge in [0.2, 0.25) is 0 Å². The first-order valence-electron chi connectivity index (χ1n) is 8.60. The summed E-state index contributed by atoms with van der Waals surface area (Å²) in [6, 6.07) is 3.60. The maximum atomic E-state index is 12.8. The molecule has 1 aliphatic carbocycles. The molecule has 1 amide bonds. The first kappa shape index (κ1) is 18.4. The van der Waals surface area contributed by atoms with Gasteiger partial charge in [0.15, 0.2) is 4.80 Å². The number of hydrogen-bond donors (Lipinski definition) is 0. The summed E-state index contributed by atoms with van der Waals surface area (Å²) in [6.45, 7) is 9.76. The van der Waals surface area contributed by atoms with Crippen molar-refractivity contribution in [2.24, 2.45) is 10.9 Å². The second kappa shape index (κ2) is 7.08. The number of hydrogen-bond acceptors (Lipinski definition) is 4. The fourth-order valence-corrected chi connectivity index (χ4v) is 4.64. The monoisotopic (exact) mass is 375 g/mol. The van der Waals surface area contributed by atoms with E-state index in [1.54, 1.807) is 29.7 Å². The van der Waals surface area contributed by atoms with Gasteiger partial charge in [0.25, 0.3) is 5.91 Å². The van der Waals surface area contributed by atoms with Gasteiger partial charge in [0.1, 0.15) is 5.03 Å². The zero-order valence-electron chi connectivity index (χ0n) is 15.5. The highest BCUT2D eigenvalue weighted by Crippen LogP contribution is 2.33. The smallest absolute Gasteiger partial charge is 0.282 e. The van der Waals surface area contributed by atoms with Gasteiger partial charge in [-0.3, -0.25) is 4.79 Å². The number of carbonyl (C=O) groups is 1. The van der Waals surface area contributed by atoms with Crippen molar-refractivity contribution in [3.8, 4) is 0 Å². The summed E-state index contributed by atoms with van der Waals surface area (Å²) in [4.78, 5) is 23.7. The first-order valence-corrected chi connectivity index (χ1v) is 10.6. The van der Waals surface area contributed by atoms with Crippen LogP contribution in [0.25, 0.3) is 0 Å². The van der Waals surface area contributed by atoms with Crippen molar-refractivity contribution in [2.75, 3.05) is 6.26 Å². The molecule has 0 N–H and O–H groups in total. The van der Waals surface area contributed by atoms with E-state index in [4.69, 9.17) is 0 Å². The molecule has 0 bridgehead atoms. The van der Waals surface area contributed by atoms with Crippen molar-refractivity contribution >= 4 is 29.0 Å². The molecule has 1 saturated carbocycles. The molecule has 0 atom stereocenters. The van der Waals surface area contributed by atoms with Gasteiger partial charge >= 0.3 is 0 Å². The molecule has 2 aromatic heterocycles. The molecule has 1 fully saturated rings. The van der Waals surface area contributed by atoms with E-state index in [2.05, 4.69) is 42.2 Å². The lowest BCUT2D eigenvalue weighted by molar-refractivity contribution is 0.0994. The Morgan fingerprint density at radius 2 is 2.16 bits per heavy atom. The van der Waals surface area contributed by atoms with Crippen LogP contribution in [0.15, 0.2) is 28.3 Å². The molecule has 2 heterocycles. The second-order valence-corrected chi connectivity index (χ2v) is 9.35. The van der Waals surface area contributed by atoms with Crippen molar-refractivity contribution < 1.29 is 4.79 Å². The van der Waals surface area contributed by atoms with Crippen LogP contribution in [0.3, 0.4) is 0 Å². The number of nitrogens with zero attached hydrogens (tertiary/aromatic N) is 3. The van der Waals surface area contributed by atoms with Crippen LogP contribution >= 0.6 is 23.1 Å². The maximum Gasteiger partial charge on any atom is 0.282 e. The molecule has 25 heavy (non-hydrogen) atoms. The SMILES string of the molecule is CSc1ncccc1C(=O)N=c1sc(C(C)(C)C)c(C)n1CC1CC1. The molecule has 0 unspecified atom stereocenters. The fourth-order valence-electron chi connectivity index (χ4n) is 2.90. The maximum absolute atomic E-state index is 12.8. The zero-order chi connectivity index (χ0) is 18.2. The summed E-state index contributed by atoms with van der Waals surface area (Å²) in [5.41, 5.74) is 1.87. The normalized spacial score (nSPS) is 15.6. The Hall–Kier alpha value is -1.40. The standard InChI is InChI=1S/C19H25N3OS2/c1-12-15(19(2,3)4)25-18(22(12)11-13-8-9-13)21-16(23)14-7-6-10-20-17(14)24-5/h6-7,10,13H,8-9,11H2,1-5H3. The number of thioether (sulfide) groups is 1. The third kappa shape index (κ3) is 4.06. The Kier molecular flexibility index (Phi) is 5.21. The number of pyridine rings is 1. The molecule has 0 spiro atoms. The van der Waals surface area contributed by atoms with Crippen molar-refractivity contribution in [3.63, 3.8) is 0 Å². The molecule has 2 aromatic rings. The molecule has 0 radical (unpaired) electrons. The number of carbonyl (C=O) groups excluding carboxylic acids is 1. The van der Waals surface area contributed by atoms with Gasteiger partial charge in [-0.15, -0.1) is 23.1 Å². The third-order valence-electron chi connectivity index (χ3n) is 4.37. The highest BCUT2D eigenvalue weighted by Gasteiger charge is 2.27. The van der Waals surface area contributed by atoms with Gasteiger partial charge in [0, 0.05) is 23.3 Å². The lowest BCUT2D eigenvalue weighted by Crippen LogP contribution is -2.20.